The van der Waals surface area contributed by atoms with Gasteiger partial charge in [-0.1, -0.05) is 52.4 Å². The molecule has 1 nitrogen and oxygen atoms in total. The van der Waals surface area contributed by atoms with Gasteiger partial charge >= 0.3 is 0 Å². The summed E-state index contributed by atoms with van der Waals surface area (Å²) >= 11 is 0. The maximum absolute atomic E-state index is 3.76. The lowest BCUT2D eigenvalue weighted by atomic mass is 9.98. The van der Waals surface area contributed by atoms with Crippen molar-refractivity contribution in [1.29, 1.82) is 0 Å². The van der Waals surface area contributed by atoms with Gasteiger partial charge in [0.05, 0.1) is 0 Å². The van der Waals surface area contributed by atoms with Gasteiger partial charge < -0.3 is 5.32 Å². The minimum absolute atomic E-state index is 0.858. The Morgan fingerprint density at radius 2 is 1.71 bits per heavy atom. The third kappa shape index (κ3) is 3.47. The fourth-order valence-electron chi connectivity index (χ4n) is 4.13. The van der Waals surface area contributed by atoms with Gasteiger partial charge in [0.15, 0.2) is 0 Å². The Kier molecular flexibility index (Phi) is 5.34. The van der Waals surface area contributed by atoms with Crippen LogP contribution in [0.1, 0.15) is 71.6 Å². The molecule has 17 heavy (non-hydrogen) atoms. The monoisotopic (exact) mass is 237 g/mol. The summed E-state index contributed by atoms with van der Waals surface area (Å²) in [5.74, 6) is 3.30. The molecule has 3 unspecified atom stereocenters. The minimum Gasteiger partial charge on any atom is -0.314 e. The summed E-state index contributed by atoms with van der Waals surface area (Å²) in [5.41, 5.74) is 0. The van der Waals surface area contributed by atoms with Crippen molar-refractivity contribution in [1.82, 2.24) is 5.32 Å². The molecule has 100 valence electrons. The average molecular weight is 237 g/mol. The molecule has 0 aromatic carbocycles. The third-order valence-electron chi connectivity index (χ3n) is 5.02. The van der Waals surface area contributed by atoms with Crippen LogP contribution >= 0.6 is 0 Å². The van der Waals surface area contributed by atoms with Gasteiger partial charge in [-0.2, -0.15) is 0 Å². The molecule has 0 heterocycles. The first-order valence-electron chi connectivity index (χ1n) is 8.11. The van der Waals surface area contributed by atoms with Crippen molar-refractivity contribution in [2.24, 2.45) is 17.8 Å². The quantitative estimate of drug-likeness (QED) is 0.587. The lowest BCUT2D eigenvalue weighted by Crippen LogP contribution is -2.32. The molecule has 2 rings (SSSR count). The highest BCUT2D eigenvalue weighted by Gasteiger charge is 2.55. The lowest BCUT2D eigenvalue weighted by Gasteiger charge is -2.19. The number of unbranched alkanes of at least 4 members (excludes halogenated alkanes) is 4. The lowest BCUT2D eigenvalue weighted by molar-refractivity contribution is 0.378. The highest BCUT2D eigenvalue weighted by Crippen LogP contribution is 2.59. The van der Waals surface area contributed by atoms with Gasteiger partial charge in [-0.15, -0.1) is 0 Å². The molecule has 0 aromatic heterocycles. The summed E-state index contributed by atoms with van der Waals surface area (Å²) in [7, 11) is 0. The molecule has 0 spiro atoms. The van der Waals surface area contributed by atoms with E-state index in [4.69, 9.17) is 0 Å². The highest BCUT2D eigenvalue weighted by molar-refractivity contribution is 5.06. The molecule has 2 aliphatic carbocycles. The zero-order valence-corrected chi connectivity index (χ0v) is 11.9. The maximum Gasteiger partial charge on any atom is 0.0101 e. The first-order valence-corrected chi connectivity index (χ1v) is 8.11. The summed E-state index contributed by atoms with van der Waals surface area (Å²) in [6.07, 6.45) is 13.2. The van der Waals surface area contributed by atoms with Crippen LogP contribution in [0.5, 0.6) is 0 Å². The smallest absolute Gasteiger partial charge is 0.0101 e. The van der Waals surface area contributed by atoms with Crippen LogP contribution in [-0.4, -0.2) is 12.6 Å². The first kappa shape index (κ1) is 13.4. The molecule has 0 saturated heterocycles. The topological polar surface area (TPSA) is 12.0 Å². The second-order valence-electron chi connectivity index (χ2n) is 6.20. The fraction of sp³-hybridized carbons (Fsp3) is 1.00. The Morgan fingerprint density at radius 1 is 1.00 bits per heavy atom. The molecule has 2 saturated carbocycles. The summed E-state index contributed by atoms with van der Waals surface area (Å²) in [4.78, 5) is 0. The molecule has 2 fully saturated rings. The van der Waals surface area contributed by atoms with Crippen LogP contribution in [0.25, 0.3) is 0 Å². The largest absolute Gasteiger partial charge is 0.314 e. The van der Waals surface area contributed by atoms with E-state index in [1.807, 2.05) is 0 Å². The molecule has 2 aliphatic rings. The standard InChI is InChI=1S/C16H31N/c1-3-5-6-7-8-12-15(17-4-2)16-13-10-9-11-14(13)16/h13-17H,3-12H2,1-2H3. The van der Waals surface area contributed by atoms with E-state index in [0.717, 1.165) is 30.3 Å². The Hall–Kier alpha value is -0.0400. The Morgan fingerprint density at radius 3 is 2.35 bits per heavy atom. The molecule has 0 aliphatic heterocycles. The second-order valence-corrected chi connectivity index (χ2v) is 6.20. The van der Waals surface area contributed by atoms with Crippen molar-refractivity contribution >= 4 is 0 Å². The predicted octanol–water partition coefficient (Wildman–Crippen LogP) is 4.37. The minimum atomic E-state index is 0.858. The predicted molar refractivity (Wildman–Crippen MR) is 75.2 cm³/mol. The van der Waals surface area contributed by atoms with Crippen LogP contribution in [0.4, 0.5) is 0 Å². The van der Waals surface area contributed by atoms with Crippen LogP contribution in [0.3, 0.4) is 0 Å². The zero-order valence-electron chi connectivity index (χ0n) is 11.9. The molecule has 0 bridgehead atoms. The molecular weight excluding hydrogens is 206 g/mol. The number of hydrogen-bond acceptors (Lipinski definition) is 1. The maximum atomic E-state index is 3.76. The fourth-order valence-corrected chi connectivity index (χ4v) is 4.13. The van der Waals surface area contributed by atoms with Gasteiger partial charge in [0, 0.05) is 6.04 Å². The van der Waals surface area contributed by atoms with Crippen molar-refractivity contribution in [2.45, 2.75) is 77.7 Å². The van der Waals surface area contributed by atoms with Crippen LogP contribution in [0, 0.1) is 17.8 Å². The van der Waals surface area contributed by atoms with Crippen molar-refractivity contribution < 1.29 is 0 Å². The molecule has 3 atom stereocenters. The van der Waals surface area contributed by atoms with Crippen molar-refractivity contribution in [3.8, 4) is 0 Å². The van der Waals surface area contributed by atoms with Crippen molar-refractivity contribution in [2.75, 3.05) is 6.54 Å². The van der Waals surface area contributed by atoms with Crippen molar-refractivity contribution in [3.05, 3.63) is 0 Å². The third-order valence-corrected chi connectivity index (χ3v) is 5.02. The molecule has 1 heteroatoms. The van der Waals surface area contributed by atoms with E-state index < -0.39 is 0 Å². The Bertz CT molecular complexity index is 204. The summed E-state index contributed by atoms with van der Waals surface area (Å²) in [6, 6.07) is 0.858. The van der Waals surface area contributed by atoms with E-state index in [9.17, 15) is 0 Å². The molecule has 0 radical (unpaired) electrons. The Labute approximate surface area is 108 Å². The van der Waals surface area contributed by atoms with E-state index in [0.29, 0.717) is 0 Å². The average Bonchev–Trinajstić information content (AvgIpc) is 2.81. The van der Waals surface area contributed by atoms with E-state index in [1.165, 1.54) is 57.8 Å². The van der Waals surface area contributed by atoms with Crippen LogP contribution in [0.2, 0.25) is 0 Å². The number of hydrogen-bond donors (Lipinski definition) is 1. The van der Waals surface area contributed by atoms with E-state index in [-0.39, 0.29) is 0 Å². The van der Waals surface area contributed by atoms with Crippen LogP contribution in [0.15, 0.2) is 0 Å². The van der Waals surface area contributed by atoms with Gasteiger partial charge in [0.2, 0.25) is 0 Å². The highest BCUT2D eigenvalue weighted by atomic mass is 14.9. The van der Waals surface area contributed by atoms with E-state index in [2.05, 4.69) is 19.2 Å². The number of rotatable bonds is 9. The number of fused-ring (bicyclic) bond motifs is 1. The van der Waals surface area contributed by atoms with Crippen LogP contribution in [-0.2, 0) is 0 Å². The first-order chi connectivity index (χ1) is 8.38. The summed E-state index contributed by atoms with van der Waals surface area (Å²) in [5, 5.41) is 3.76. The molecular formula is C16H31N. The van der Waals surface area contributed by atoms with Gasteiger partial charge in [-0.25, -0.2) is 0 Å². The molecule has 0 aromatic rings. The molecule has 1 N–H and O–H groups in total. The zero-order chi connectivity index (χ0) is 12.1. The normalized spacial score (nSPS) is 32.5. The van der Waals surface area contributed by atoms with Crippen LogP contribution < -0.4 is 5.32 Å². The summed E-state index contributed by atoms with van der Waals surface area (Å²) < 4.78 is 0. The van der Waals surface area contributed by atoms with Crippen molar-refractivity contribution in [3.63, 3.8) is 0 Å². The van der Waals surface area contributed by atoms with Gasteiger partial charge in [-0.05, 0) is 43.6 Å². The SMILES string of the molecule is CCCCCCCC(NCC)C1C2CCCC21. The second kappa shape index (κ2) is 6.78. The van der Waals surface area contributed by atoms with E-state index in [1.54, 1.807) is 0 Å². The molecule has 0 amide bonds. The van der Waals surface area contributed by atoms with Gasteiger partial charge in [-0.3, -0.25) is 0 Å². The van der Waals surface area contributed by atoms with E-state index >= 15 is 0 Å². The number of nitrogens with one attached hydrogen (secondary N) is 1. The summed E-state index contributed by atoms with van der Waals surface area (Å²) in [6.45, 7) is 5.73. The van der Waals surface area contributed by atoms with Gasteiger partial charge in [0.25, 0.3) is 0 Å². The van der Waals surface area contributed by atoms with Gasteiger partial charge in [0.1, 0.15) is 0 Å². The Balaban J connectivity index is 1.63.